The standard InChI is InChI=1S/C18H17ClF3NO/c1-2-3-11-23(17(24)13-7-5-4-6-8-13)14-9-10-16(19)15(12-14)18(20,21)22/h4-10,12H,2-3,11H2,1H3. The molecule has 0 bridgehead atoms. The maximum Gasteiger partial charge on any atom is 0.417 e. The van der Waals surface area contributed by atoms with Crippen molar-refractivity contribution in [2.75, 3.05) is 11.4 Å². The number of alkyl halides is 3. The number of hydrogen-bond acceptors (Lipinski definition) is 1. The molecule has 2 nitrogen and oxygen atoms in total. The molecule has 2 aromatic rings. The number of anilines is 1. The number of amides is 1. The van der Waals surface area contributed by atoms with Gasteiger partial charge >= 0.3 is 6.18 Å². The first-order valence-electron chi connectivity index (χ1n) is 7.58. The van der Waals surface area contributed by atoms with Crippen molar-refractivity contribution in [1.29, 1.82) is 0 Å². The van der Waals surface area contributed by atoms with Gasteiger partial charge in [-0.05, 0) is 36.8 Å². The smallest absolute Gasteiger partial charge is 0.308 e. The van der Waals surface area contributed by atoms with Gasteiger partial charge in [-0.3, -0.25) is 4.79 Å². The van der Waals surface area contributed by atoms with E-state index < -0.39 is 11.7 Å². The van der Waals surface area contributed by atoms with Crippen LogP contribution >= 0.6 is 11.6 Å². The van der Waals surface area contributed by atoms with Gasteiger partial charge in [0, 0.05) is 17.8 Å². The maximum atomic E-state index is 13.1. The molecule has 24 heavy (non-hydrogen) atoms. The lowest BCUT2D eigenvalue weighted by molar-refractivity contribution is -0.137. The lowest BCUT2D eigenvalue weighted by atomic mass is 10.1. The molecule has 0 saturated carbocycles. The highest BCUT2D eigenvalue weighted by molar-refractivity contribution is 6.31. The van der Waals surface area contributed by atoms with E-state index in [1.54, 1.807) is 30.3 Å². The third-order valence-electron chi connectivity index (χ3n) is 3.57. The molecule has 128 valence electrons. The zero-order valence-corrected chi connectivity index (χ0v) is 13.9. The van der Waals surface area contributed by atoms with Gasteiger partial charge < -0.3 is 4.90 Å². The van der Waals surface area contributed by atoms with Gasteiger partial charge in [0.05, 0.1) is 10.6 Å². The van der Waals surface area contributed by atoms with E-state index in [0.717, 1.165) is 12.5 Å². The molecule has 0 aliphatic carbocycles. The summed E-state index contributed by atoms with van der Waals surface area (Å²) in [5, 5.41) is -0.381. The Morgan fingerprint density at radius 3 is 2.38 bits per heavy atom. The van der Waals surface area contributed by atoms with Crippen molar-refractivity contribution < 1.29 is 18.0 Å². The van der Waals surface area contributed by atoms with Gasteiger partial charge in [0.2, 0.25) is 0 Å². The highest BCUT2D eigenvalue weighted by atomic mass is 35.5. The van der Waals surface area contributed by atoms with Crippen LogP contribution in [0.5, 0.6) is 0 Å². The average molecular weight is 356 g/mol. The zero-order valence-electron chi connectivity index (χ0n) is 13.1. The van der Waals surface area contributed by atoms with E-state index in [9.17, 15) is 18.0 Å². The predicted molar refractivity (Wildman–Crippen MR) is 89.5 cm³/mol. The summed E-state index contributed by atoms with van der Waals surface area (Å²) in [6.07, 6.45) is -3.07. The van der Waals surface area contributed by atoms with Gasteiger partial charge in [-0.2, -0.15) is 13.2 Å². The Balaban J connectivity index is 2.43. The molecule has 0 aliphatic heterocycles. The van der Waals surface area contributed by atoms with E-state index in [1.165, 1.54) is 17.0 Å². The monoisotopic (exact) mass is 355 g/mol. The first kappa shape index (κ1) is 18.3. The first-order chi connectivity index (χ1) is 11.3. The third-order valence-corrected chi connectivity index (χ3v) is 3.90. The van der Waals surface area contributed by atoms with Crippen molar-refractivity contribution in [3.05, 3.63) is 64.7 Å². The van der Waals surface area contributed by atoms with Crippen molar-refractivity contribution in [3.8, 4) is 0 Å². The Morgan fingerprint density at radius 1 is 1.12 bits per heavy atom. The molecule has 0 unspecified atom stereocenters. The lowest BCUT2D eigenvalue weighted by Gasteiger charge is -2.24. The number of rotatable bonds is 5. The van der Waals surface area contributed by atoms with Crippen molar-refractivity contribution in [2.45, 2.75) is 25.9 Å². The maximum absolute atomic E-state index is 13.1. The topological polar surface area (TPSA) is 20.3 Å². The second kappa shape index (κ2) is 7.71. The number of unbranched alkanes of at least 4 members (excludes halogenated alkanes) is 1. The van der Waals surface area contributed by atoms with Crippen LogP contribution in [0, 0.1) is 0 Å². The Hall–Kier alpha value is -2.01. The molecule has 2 aromatic carbocycles. The number of carbonyl (C=O) groups excluding carboxylic acids is 1. The summed E-state index contributed by atoms with van der Waals surface area (Å²) < 4.78 is 39.2. The van der Waals surface area contributed by atoms with Crippen LogP contribution in [0.1, 0.15) is 35.7 Å². The molecule has 2 rings (SSSR count). The summed E-state index contributed by atoms with van der Waals surface area (Å²) in [6, 6.07) is 12.0. The molecule has 0 radical (unpaired) electrons. The SMILES string of the molecule is CCCCN(C(=O)c1ccccc1)c1ccc(Cl)c(C(F)(F)F)c1. The molecular weight excluding hydrogens is 339 g/mol. The minimum Gasteiger partial charge on any atom is -0.308 e. The molecule has 6 heteroatoms. The Labute approximate surface area is 143 Å². The summed E-state index contributed by atoms with van der Waals surface area (Å²) in [5.41, 5.74) is -0.324. The highest BCUT2D eigenvalue weighted by Gasteiger charge is 2.34. The van der Waals surface area contributed by atoms with E-state index in [-0.39, 0.29) is 16.6 Å². The molecule has 0 fully saturated rings. The summed E-state index contributed by atoms with van der Waals surface area (Å²) in [7, 11) is 0. The predicted octanol–water partition coefficient (Wildman–Crippen LogP) is 5.81. The molecule has 0 spiro atoms. The number of nitrogens with zero attached hydrogens (tertiary/aromatic N) is 1. The fourth-order valence-electron chi connectivity index (χ4n) is 2.30. The molecular formula is C18H17ClF3NO. The Bertz CT molecular complexity index is 701. The third kappa shape index (κ3) is 4.29. The second-order valence-corrected chi connectivity index (χ2v) is 5.75. The van der Waals surface area contributed by atoms with Crippen molar-refractivity contribution in [2.24, 2.45) is 0 Å². The van der Waals surface area contributed by atoms with Crippen LogP contribution in [0.2, 0.25) is 5.02 Å². The van der Waals surface area contributed by atoms with E-state index in [1.807, 2.05) is 6.92 Å². The van der Waals surface area contributed by atoms with E-state index in [4.69, 9.17) is 11.6 Å². The molecule has 0 atom stereocenters. The first-order valence-corrected chi connectivity index (χ1v) is 7.96. The van der Waals surface area contributed by atoms with E-state index in [2.05, 4.69) is 0 Å². The van der Waals surface area contributed by atoms with Gasteiger partial charge in [0.1, 0.15) is 0 Å². The summed E-state index contributed by atoms with van der Waals surface area (Å²) in [6.45, 7) is 2.29. The fourth-order valence-corrected chi connectivity index (χ4v) is 2.52. The van der Waals surface area contributed by atoms with E-state index in [0.29, 0.717) is 18.5 Å². The number of halogens is 4. The minimum absolute atomic E-state index is 0.189. The van der Waals surface area contributed by atoms with Gasteiger partial charge in [0.25, 0.3) is 5.91 Å². The number of hydrogen-bond donors (Lipinski definition) is 0. The molecule has 0 heterocycles. The molecule has 0 N–H and O–H groups in total. The zero-order chi connectivity index (χ0) is 17.7. The van der Waals surface area contributed by atoms with Gasteiger partial charge in [0.15, 0.2) is 0 Å². The van der Waals surface area contributed by atoms with Crippen molar-refractivity contribution >= 4 is 23.2 Å². The minimum atomic E-state index is -4.57. The van der Waals surface area contributed by atoms with E-state index >= 15 is 0 Å². The summed E-state index contributed by atoms with van der Waals surface area (Å²) >= 11 is 5.66. The van der Waals surface area contributed by atoms with Crippen LogP contribution in [-0.4, -0.2) is 12.5 Å². The fraction of sp³-hybridized carbons (Fsp3) is 0.278. The number of carbonyl (C=O) groups is 1. The van der Waals surface area contributed by atoms with Crippen molar-refractivity contribution in [1.82, 2.24) is 0 Å². The van der Waals surface area contributed by atoms with Crippen molar-refractivity contribution in [3.63, 3.8) is 0 Å². The van der Waals surface area contributed by atoms with Gasteiger partial charge in [-0.1, -0.05) is 43.1 Å². The Kier molecular flexibility index (Phi) is 5.89. The van der Waals surface area contributed by atoms with Crippen LogP contribution in [-0.2, 0) is 6.18 Å². The van der Waals surface area contributed by atoms with Crippen LogP contribution in [0.15, 0.2) is 48.5 Å². The normalized spacial score (nSPS) is 11.4. The quantitative estimate of drug-likeness (QED) is 0.663. The molecule has 0 saturated heterocycles. The Morgan fingerprint density at radius 2 is 1.79 bits per heavy atom. The van der Waals surface area contributed by atoms with Crippen LogP contribution < -0.4 is 4.90 Å². The second-order valence-electron chi connectivity index (χ2n) is 5.34. The number of benzene rings is 2. The van der Waals surface area contributed by atoms with Gasteiger partial charge in [-0.15, -0.1) is 0 Å². The highest BCUT2D eigenvalue weighted by Crippen LogP contribution is 2.37. The van der Waals surface area contributed by atoms with Crippen LogP contribution in [0.25, 0.3) is 0 Å². The summed E-state index contributed by atoms with van der Waals surface area (Å²) in [5.74, 6) is -0.334. The summed E-state index contributed by atoms with van der Waals surface area (Å²) in [4.78, 5) is 14.1. The average Bonchev–Trinajstić information content (AvgIpc) is 2.56. The lowest BCUT2D eigenvalue weighted by Crippen LogP contribution is -2.32. The van der Waals surface area contributed by atoms with Crippen LogP contribution in [0.4, 0.5) is 18.9 Å². The molecule has 1 amide bonds. The van der Waals surface area contributed by atoms with Gasteiger partial charge in [-0.25, -0.2) is 0 Å². The largest absolute Gasteiger partial charge is 0.417 e. The van der Waals surface area contributed by atoms with Crippen LogP contribution in [0.3, 0.4) is 0 Å². The molecule has 0 aromatic heterocycles. The molecule has 0 aliphatic rings.